The first kappa shape index (κ1) is 11.3. The van der Waals surface area contributed by atoms with Gasteiger partial charge in [-0.25, -0.2) is 4.68 Å². The second-order valence-corrected chi connectivity index (χ2v) is 4.90. The van der Waals surface area contributed by atoms with E-state index < -0.39 is 5.91 Å². The normalized spacial score (nSPS) is 10.4. The van der Waals surface area contributed by atoms with Crippen LogP contribution in [0, 0.1) is 0 Å². The zero-order chi connectivity index (χ0) is 11.7. The Bertz CT molecular complexity index is 551. The average molecular weight is 345 g/mol. The van der Waals surface area contributed by atoms with E-state index in [0.29, 0.717) is 10.0 Å². The molecule has 2 rings (SSSR count). The van der Waals surface area contributed by atoms with Gasteiger partial charge in [0, 0.05) is 10.7 Å². The van der Waals surface area contributed by atoms with E-state index in [1.165, 1.54) is 0 Å². The zero-order valence-electron chi connectivity index (χ0n) is 8.02. The minimum atomic E-state index is -0.458. The number of primary amides is 1. The maximum Gasteiger partial charge on any atom is 0.249 e. The smallest absolute Gasteiger partial charge is 0.249 e. The number of nitrogens with two attached hydrogens (primary N) is 1. The number of benzene rings is 1. The minimum Gasteiger partial charge on any atom is -0.366 e. The van der Waals surface area contributed by atoms with E-state index in [2.05, 4.69) is 37.0 Å². The molecule has 0 atom stereocenters. The van der Waals surface area contributed by atoms with Crippen LogP contribution in [0.15, 0.2) is 39.5 Å². The molecular weight excluding hydrogens is 338 g/mol. The molecule has 0 saturated heterocycles. The van der Waals surface area contributed by atoms with E-state index in [9.17, 15) is 4.79 Å². The molecule has 1 heterocycles. The molecule has 0 spiro atoms. The second kappa shape index (κ2) is 4.39. The Balaban J connectivity index is 2.45. The van der Waals surface area contributed by atoms with E-state index in [1.54, 1.807) is 29.1 Å². The van der Waals surface area contributed by atoms with Crippen molar-refractivity contribution in [2.24, 2.45) is 5.73 Å². The SMILES string of the molecule is NC(=O)c1ccc(-n2cc(Br)cn2)cc1Br. The Labute approximate surface area is 109 Å². The molecule has 0 bridgehead atoms. The number of rotatable bonds is 2. The van der Waals surface area contributed by atoms with Crippen molar-refractivity contribution < 1.29 is 4.79 Å². The molecule has 0 radical (unpaired) electrons. The molecular formula is C10H7Br2N3O. The monoisotopic (exact) mass is 343 g/mol. The summed E-state index contributed by atoms with van der Waals surface area (Å²) >= 11 is 6.61. The lowest BCUT2D eigenvalue weighted by Crippen LogP contribution is -2.11. The average Bonchev–Trinajstić information content (AvgIpc) is 2.64. The number of amides is 1. The van der Waals surface area contributed by atoms with Crippen LogP contribution in [-0.2, 0) is 0 Å². The molecule has 0 unspecified atom stereocenters. The van der Waals surface area contributed by atoms with Crippen molar-refractivity contribution in [3.05, 3.63) is 45.1 Å². The number of hydrogen-bond donors (Lipinski definition) is 1. The summed E-state index contributed by atoms with van der Waals surface area (Å²) < 4.78 is 3.24. The van der Waals surface area contributed by atoms with Gasteiger partial charge in [-0.2, -0.15) is 5.10 Å². The first-order valence-electron chi connectivity index (χ1n) is 4.38. The van der Waals surface area contributed by atoms with Gasteiger partial charge < -0.3 is 5.73 Å². The van der Waals surface area contributed by atoms with Crippen molar-refractivity contribution >= 4 is 37.8 Å². The van der Waals surface area contributed by atoms with Crippen molar-refractivity contribution in [2.75, 3.05) is 0 Å². The standard InChI is InChI=1S/C10H7Br2N3O/c11-6-4-14-15(5-6)7-1-2-8(10(13)16)9(12)3-7/h1-5H,(H2,13,16). The summed E-state index contributed by atoms with van der Waals surface area (Å²) in [7, 11) is 0. The van der Waals surface area contributed by atoms with Gasteiger partial charge >= 0.3 is 0 Å². The van der Waals surface area contributed by atoms with Crippen LogP contribution in [0.25, 0.3) is 5.69 Å². The highest BCUT2D eigenvalue weighted by Gasteiger charge is 2.07. The number of halogens is 2. The fourth-order valence-corrected chi connectivity index (χ4v) is 2.14. The van der Waals surface area contributed by atoms with Crippen LogP contribution in [0.5, 0.6) is 0 Å². The van der Waals surface area contributed by atoms with Gasteiger partial charge in [-0.15, -0.1) is 0 Å². The third-order valence-electron chi connectivity index (χ3n) is 2.03. The fraction of sp³-hybridized carbons (Fsp3) is 0. The Morgan fingerprint density at radius 2 is 2.12 bits per heavy atom. The number of nitrogens with zero attached hydrogens (tertiary/aromatic N) is 2. The Hall–Kier alpha value is -1.14. The van der Waals surface area contributed by atoms with Crippen molar-refractivity contribution in [3.8, 4) is 5.69 Å². The summed E-state index contributed by atoms with van der Waals surface area (Å²) in [6.45, 7) is 0. The first-order valence-corrected chi connectivity index (χ1v) is 5.96. The van der Waals surface area contributed by atoms with Crippen LogP contribution in [0.4, 0.5) is 0 Å². The van der Waals surface area contributed by atoms with Crippen LogP contribution in [0.2, 0.25) is 0 Å². The topological polar surface area (TPSA) is 60.9 Å². The highest BCUT2D eigenvalue weighted by Crippen LogP contribution is 2.21. The molecule has 0 aliphatic rings. The number of hydrogen-bond acceptors (Lipinski definition) is 2. The van der Waals surface area contributed by atoms with Crippen LogP contribution in [-0.4, -0.2) is 15.7 Å². The van der Waals surface area contributed by atoms with Gasteiger partial charge in [-0.05, 0) is 50.1 Å². The van der Waals surface area contributed by atoms with E-state index in [-0.39, 0.29) is 0 Å². The molecule has 16 heavy (non-hydrogen) atoms. The Kier molecular flexibility index (Phi) is 3.11. The quantitative estimate of drug-likeness (QED) is 0.909. The third kappa shape index (κ3) is 2.17. The third-order valence-corrected chi connectivity index (χ3v) is 3.10. The van der Waals surface area contributed by atoms with Gasteiger partial charge in [0.15, 0.2) is 0 Å². The minimum absolute atomic E-state index is 0.454. The lowest BCUT2D eigenvalue weighted by molar-refractivity contribution is 0.0999. The van der Waals surface area contributed by atoms with Gasteiger partial charge in [0.05, 0.1) is 21.9 Å². The lowest BCUT2D eigenvalue weighted by atomic mass is 10.2. The molecule has 1 aromatic heterocycles. The van der Waals surface area contributed by atoms with Crippen molar-refractivity contribution in [1.82, 2.24) is 9.78 Å². The number of carbonyl (C=O) groups is 1. The molecule has 0 saturated carbocycles. The Morgan fingerprint density at radius 1 is 1.38 bits per heavy atom. The summed E-state index contributed by atoms with van der Waals surface area (Å²) in [6.07, 6.45) is 3.52. The maximum atomic E-state index is 11.0. The molecule has 2 aromatic rings. The van der Waals surface area contributed by atoms with Gasteiger partial charge in [0.1, 0.15) is 0 Å². The lowest BCUT2D eigenvalue weighted by Gasteiger charge is -2.04. The molecule has 82 valence electrons. The predicted molar refractivity (Wildman–Crippen MR) is 67.5 cm³/mol. The van der Waals surface area contributed by atoms with Crippen molar-refractivity contribution in [3.63, 3.8) is 0 Å². The van der Waals surface area contributed by atoms with Gasteiger partial charge in [-0.3, -0.25) is 4.79 Å². The summed E-state index contributed by atoms with van der Waals surface area (Å²) in [6, 6.07) is 5.24. The number of aromatic nitrogens is 2. The van der Waals surface area contributed by atoms with Gasteiger partial charge in [0.25, 0.3) is 0 Å². The van der Waals surface area contributed by atoms with Crippen LogP contribution < -0.4 is 5.73 Å². The Morgan fingerprint density at radius 3 is 2.62 bits per heavy atom. The molecule has 4 nitrogen and oxygen atoms in total. The van der Waals surface area contributed by atoms with E-state index in [0.717, 1.165) is 10.2 Å². The molecule has 0 aliphatic heterocycles. The largest absolute Gasteiger partial charge is 0.366 e. The summed E-state index contributed by atoms with van der Waals surface area (Å²) in [5.41, 5.74) is 6.51. The van der Waals surface area contributed by atoms with Crippen molar-refractivity contribution in [1.29, 1.82) is 0 Å². The summed E-state index contributed by atoms with van der Waals surface area (Å²) in [4.78, 5) is 11.0. The van der Waals surface area contributed by atoms with Gasteiger partial charge in [-0.1, -0.05) is 0 Å². The van der Waals surface area contributed by atoms with E-state index >= 15 is 0 Å². The van der Waals surface area contributed by atoms with Crippen LogP contribution in [0.3, 0.4) is 0 Å². The first-order chi connectivity index (χ1) is 7.58. The second-order valence-electron chi connectivity index (χ2n) is 3.13. The molecule has 6 heteroatoms. The van der Waals surface area contributed by atoms with Crippen molar-refractivity contribution in [2.45, 2.75) is 0 Å². The molecule has 1 amide bonds. The molecule has 0 fully saturated rings. The van der Waals surface area contributed by atoms with Crippen LogP contribution in [0.1, 0.15) is 10.4 Å². The molecule has 0 aliphatic carbocycles. The zero-order valence-corrected chi connectivity index (χ0v) is 11.2. The fourth-order valence-electron chi connectivity index (χ4n) is 1.29. The highest BCUT2D eigenvalue weighted by atomic mass is 79.9. The molecule has 1 aromatic carbocycles. The maximum absolute atomic E-state index is 11.0. The van der Waals surface area contributed by atoms with Crippen LogP contribution >= 0.6 is 31.9 Å². The van der Waals surface area contributed by atoms with Gasteiger partial charge in [0.2, 0.25) is 5.91 Å². The summed E-state index contributed by atoms with van der Waals surface area (Å²) in [5, 5.41) is 4.13. The number of carbonyl (C=O) groups excluding carboxylic acids is 1. The van der Waals surface area contributed by atoms with E-state index in [4.69, 9.17) is 5.73 Å². The van der Waals surface area contributed by atoms with E-state index in [1.807, 2.05) is 6.20 Å². The summed E-state index contributed by atoms with van der Waals surface area (Å²) in [5.74, 6) is -0.458. The molecule has 2 N–H and O–H groups in total. The predicted octanol–water partition coefficient (Wildman–Crippen LogP) is 2.50. The highest BCUT2D eigenvalue weighted by molar-refractivity contribution is 9.10.